The molecular weight excluding hydrogens is 326 g/mol. The molecule has 0 saturated heterocycles. The Morgan fingerprint density at radius 1 is 1.26 bits per heavy atom. The Hall–Kier alpha value is -1.33. The second kappa shape index (κ2) is 6.73. The predicted octanol–water partition coefficient (Wildman–Crippen LogP) is 3.47. The Bertz CT molecular complexity index is 568. The lowest BCUT2D eigenvalue weighted by atomic mass is 10.1. The van der Waals surface area contributed by atoms with Gasteiger partial charge in [0.15, 0.2) is 0 Å². The zero-order valence-corrected chi connectivity index (χ0v) is 12.6. The Kier molecular flexibility index (Phi) is 4.99. The van der Waals surface area contributed by atoms with Gasteiger partial charge in [0, 0.05) is 11.3 Å². The van der Waals surface area contributed by atoms with E-state index < -0.39 is 0 Å². The number of carbonyl (C=O) groups excluding carboxylic acids is 1. The minimum Gasteiger partial charge on any atom is -0.508 e. The van der Waals surface area contributed by atoms with Crippen molar-refractivity contribution in [2.24, 2.45) is 0 Å². The molecule has 0 unspecified atom stereocenters. The number of carbonyl (C=O) groups is 1. The van der Waals surface area contributed by atoms with Crippen molar-refractivity contribution in [3.8, 4) is 5.75 Å². The van der Waals surface area contributed by atoms with Crippen molar-refractivity contribution < 1.29 is 9.90 Å². The number of rotatable bonds is 5. The fraction of sp³-hybridized carbons (Fsp3) is 0.214. The van der Waals surface area contributed by atoms with Crippen molar-refractivity contribution in [2.45, 2.75) is 19.4 Å². The molecule has 2 aromatic rings. The summed E-state index contributed by atoms with van der Waals surface area (Å²) in [6, 6.07) is 11.0. The molecule has 1 aromatic carbocycles. The Morgan fingerprint density at radius 2 is 2.05 bits per heavy atom. The van der Waals surface area contributed by atoms with Crippen LogP contribution in [0.1, 0.15) is 16.9 Å². The molecule has 19 heavy (non-hydrogen) atoms. The van der Waals surface area contributed by atoms with Gasteiger partial charge in [-0.1, -0.05) is 18.2 Å². The highest BCUT2D eigenvalue weighted by molar-refractivity contribution is 9.11. The monoisotopic (exact) mass is 339 g/mol. The second-order valence-electron chi connectivity index (χ2n) is 4.11. The summed E-state index contributed by atoms with van der Waals surface area (Å²) < 4.78 is 1.06. The molecule has 100 valence electrons. The van der Waals surface area contributed by atoms with Gasteiger partial charge in [0.05, 0.1) is 10.3 Å². The first-order chi connectivity index (χ1) is 9.15. The standard InChI is InChI=1S/C14H14BrNO2S/c15-13-7-6-11(19-13)9-16-14(18)8-5-10-3-1-2-4-12(10)17/h1-4,6-7,17H,5,8-9H2,(H,16,18). The number of halogens is 1. The summed E-state index contributed by atoms with van der Waals surface area (Å²) in [5.41, 5.74) is 0.802. The van der Waals surface area contributed by atoms with E-state index in [4.69, 9.17) is 0 Å². The lowest BCUT2D eigenvalue weighted by molar-refractivity contribution is -0.121. The van der Waals surface area contributed by atoms with Crippen LogP contribution in [0.2, 0.25) is 0 Å². The van der Waals surface area contributed by atoms with E-state index in [1.807, 2.05) is 24.3 Å². The SMILES string of the molecule is O=C(CCc1ccccc1O)NCc1ccc(Br)s1. The van der Waals surface area contributed by atoms with Crippen LogP contribution in [0.15, 0.2) is 40.2 Å². The van der Waals surface area contributed by atoms with Gasteiger partial charge in [0.25, 0.3) is 0 Å². The van der Waals surface area contributed by atoms with Crippen LogP contribution in [0.25, 0.3) is 0 Å². The van der Waals surface area contributed by atoms with E-state index >= 15 is 0 Å². The molecule has 0 bridgehead atoms. The molecule has 2 N–H and O–H groups in total. The van der Waals surface area contributed by atoms with E-state index in [-0.39, 0.29) is 11.7 Å². The van der Waals surface area contributed by atoms with Gasteiger partial charge in [-0.15, -0.1) is 11.3 Å². The maximum Gasteiger partial charge on any atom is 0.220 e. The number of hydrogen-bond acceptors (Lipinski definition) is 3. The van der Waals surface area contributed by atoms with Gasteiger partial charge in [-0.2, -0.15) is 0 Å². The number of phenols is 1. The number of thiophene rings is 1. The van der Waals surface area contributed by atoms with Crippen LogP contribution in [0.3, 0.4) is 0 Å². The van der Waals surface area contributed by atoms with Crippen LogP contribution in [0.4, 0.5) is 0 Å². The number of para-hydroxylation sites is 1. The van der Waals surface area contributed by atoms with E-state index in [1.165, 1.54) is 0 Å². The highest BCUT2D eigenvalue weighted by atomic mass is 79.9. The van der Waals surface area contributed by atoms with Crippen LogP contribution in [0, 0.1) is 0 Å². The van der Waals surface area contributed by atoms with Gasteiger partial charge in [0.1, 0.15) is 5.75 Å². The van der Waals surface area contributed by atoms with Gasteiger partial charge in [-0.05, 0) is 46.1 Å². The fourth-order valence-corrected chi connectivity index (χ4v) is 3.11. The normalized spacial score (nSPS) is 10.4. The van der Waals surface area contributed by atoms with Crippen molar-refractivity contribution in [1.29, 1.82) is 0 Å². The lowest BCUT2D eigenvalue weighted by Crippen LogP contribution is -2.22. The summed E-state index contributed by atoms with van der Waals surface area (Å²) in [6.45, 7) is 0.551. The van der Waals surface area contributed by atoms with E-state index in [0.717, 1.165) is 14.2 Å². The Labute approximate surface area is 124 Å². The van der Waals surface area contributed by atoms with Gasteiger partial charge >= 0.3 is 0 Å². The van der Waals surface area contributed by atoms with E-state index in [2.05, 4.69) is 21.2 Å². The van der Waals surface area contributed by atoms with Gasteiger partial charge in [-0.25, -0.2) is 0 Å². The number of aryl methyl sites for hydroxylation is 1. The second-order valence-corrected chi connectivity index (χ2v) is 6.66. The molecule has 0 atom stereocenters. The highest BCUT2D eigenvalue weighted by Gasteiger charge is 2.05. The van der Waals surface area contributed by atoms with Crippen LogP contribution < -0.4 is 5.32 Å². The molecule has 0 radical (unpaired) electrons. The minimum atomic E-state index is -0.00669. The average Bonchev–Trinajstić information content (AvgIpc) is 2.81. The third-order valence-corrected chi connectivity index (χ3v) is 4.33. The summed E-state index contributed by atoms with van der Waals surface area (Å²) in [7, 11) is 0. The Balaban J connectivity index is 1.77. The molecule has 1 amide bonds. The van der Waals surface area contributed by atoms with E-state index in [0.29, 0.717) is 19.4 Å². The maximum atomic E-state index is 11.7. The summed E-state index contributed by atoms with van der Waals surface area (Å²) in [5.74, 6) is 0.241. The first-order valence-corrected chi connectivity index (χ1v) is 7.54. The molecule has 0 fully saturated rings. The largest absolute Gasteiger partial charge is 0.508 e. The number of nitrogens with one attached hydrogen (secondary N) is 1. The van der Waals surface area contributed by atoms with E-state index in [1.54, 1.807) is 23.5 Å². The number of hydrogen-bond donors (Lipinski definition) is 2. The zero-order valence-electron chi connectivity index (χ0n) is 10.2. The predicted molar refractivity (Wildman–Crippen MR) is 80.3 cm³/mol. The topological polar surface area (TPSA) is 49.3 Å². The molecule has 0 aliphatic rings. The fourth-order valence-electron chi connectivity index (χ4n) is 1.69. The van der Waals surface area contributed by atoms with Crippen molar-refractivity contribution in [3.63, 3.8) is 0 Å². The van der Waals surface area contributed by atoms with Crippen molar-refractivity contribution in [2.75, 3.05) is 0 Å². The Morgan fingerprint density at radius 3 is 2.74 bits per heavy atom. The van der Waals surface area contributed by atoms with Gasteiger partial charge in [-0.3, -0.25) is 4.79 Å². The van der Waals surface area contributed by atoms with Crippen molar-refractivity contribution in [1.82, 2.24) is 5.32 Å². The summed E-state index contributed by atoms with van der Waals surface area (Å²) in [5, 5.41) is 12.5. The third kappa shape index (κ3) is 4.36. The minimum absolute atomic E-state index is 0.00669. The number of phenolic OH excluding ortho intramolecular Hbond substituents is 1. The molecule has 0 aliphatic heterocycles. The molecule has 0 aliphatic carbocycles. The smallest absolute Gasteiger partial charge is 0.220 e. The summed E-state index contributed by atoms with van der Waals surface area (Å²) >= 11 is 5.00. The molecule has 2 rings (SSSR count). The van der Waals surface area contributed by atoms with Crippen molar-refractivity contribution >= 4 is 33.2 Å². The average molecular weight is 340 g/mol. The van der Waals surface area contributed by atoms with Crippen LogP contribution in [0.5, 0.6) is 5.75 Å². The lowest BCUT2D eigenvalue weighted by Gasteiger charge is -2.05. The highest BCUT2D eigenvalue weighted by Crippen LogP contribution is 2.22. The molecule has 5 heteroatoms. The molecule has 0 spiro atoms. The van der Waals surface area contributed by atoms with Crippen LogP contribution in [-0.4, -0.2) is 11.0 Å². The first-order valence-electron chi connectivity index (χ1n) is 5.93. The zero-order chi connectivity index (χ0) is 13.7. The van der Waals surface area contributed by atoms with Crippen LogP contribution >= 0.6 is 27.3 Å². The number of amides is 1. The van der Waals surface area contributed by atoms with Crippen LogP contribution in [-0.2, 0) is 17.8 Å². The van der Waals surface area contributed by atoms with E-state index in [9.17, 15) is 9.90 Å². The third-order valence-electron chi connectivity index (χ3n) is 2.70. The van der Waals surface area contributed by atoms with Gasteiger partial charge < -0.3 is 10.4 Å². The first kappa shape index (κ1) is 14.1. The summed E-state index contributed by atoms with van der Waals surface area (Å²) in [6.07, 6.45) is 0.927. The quantitative estimate of drug-likeness (QED) is 0.876. The van der Waals surface area contributed by atoms with Crippen molar-refractivity contribution in [3.05, 3.63) is 50.6 Å². The molecule has 1 aromatic heterocycles. The molecular formula is C14H14BrNO2S. The summed E-state index contributed by atoms with van der Waals surface area (Å²) in [4.78, 5) is 12.8. The van der Waals surface area contributed by atoms with Gasteiger partial charge in [0.2, 0.25) is 5.91 Å². The molecule has 1 heterocycles. The number of benzene rings is 1. The number of aromatic hydroxyl groups is 1. The maximum absolute atomic E-state index is 11.7. The molecule has 0 saturated carbocycles. The molecule has 3 nitrogen and oxygen atoms in total.